The first-order chi connectivity index (χ1) is 13.4. The Morgan fingerprint density at radius 2 is 1.93 bits per heavy atom. The van der Waals surface area contributed by atoms with Gasteiger partial charge in [0.05, 0.1) is 18.8 Å². The molecule has 4 aliphatic rings. The summed E-state index contributed by atoms with van der Waals surface area (Å²) in [5.74, 6) is 1.92. The summed E-state index contributed by atoms with van der Waals surface area (Å²) in [6.45, 7) is 3.99. The van der Waals surface area contributed by atoms with Gasteiger partial charge in [0.25, 0.3) is 5.56 Å². The van der Waals surface area contributed by atoms with Crippen LogP contribution in [0.4, 0.5) is 0 Å². The second kappa shape index (κ2) is 6.03. The largest absolute Gasteiger partial charge is 0.393 e. The highest BCUT2D eigenvalue weighted by molar-refractivity contribution is 5.70. The molecule has 4 saturated carbocycles. The van der Waals surface area contributed by atoms with Gasteiger partial charge in [-0.05, 0) is 56.8 Å². The van der Waals surface area contributed by atoms with E-state index in [9.17, 15) is 19.8 Å². The Morgan fingerprint density at radius 3 is 2.54 bits per heavy atom. The fourth-order valence-electron chi connectivity index (χ4n) is 6.34. The maximum atomic E-state index is 13.0. The minimum atomic E-state index is -0.790. The number of aliphatic hydroxyl groups excluding tert-OH is 2. The third-order valence-corrected chi connectivity index (χ3v) is 7.40. The van der Waals surface area contributed by atoms with E-state index in [-0.39, 0.29) is 18.1 Å². The molecule has 28 heavy (non-hydrogen) atoms. The molecule has 4 fully saturated rings. The number of H-pyrrole nitrogens is 1. The maximum absolute atomic E-state index is 13.0. The van der Waals surface area contributed by atoms with Crippen LogP contribution in [0.1, 0.15) is 51.8 Å². The number of aromatic nitrogens is 4. The van der Waals surface area contributed by atoms with Crippen molar-refractivity contribution in [1.82, 2.24) is 19.1 Å². The number of imidazole rings is 1. The van der Waals surface area contributed by atoms with Gasteiger partial charge in [0, 0.05) is 12.0 Å². The minimum Gasteiger partial charge on any atom is -0.393 e. The lowest BCUT2D eigenvalue weighted by Gasteiger charge is -2.34. The Labute approximate surface area is 162 Å². The lowest BCUT2D eigenvalue weighted by molar-refractivity contribution is 0.0167. The smallest absolute Gasteiger partial charge is 0.332 e. The molecule has 0 spiro atoms. The van der Waals surface area contributed by atoms with Crippen molar-refractivity contribution >= 4 is 11.2 Å². The molecule has 0 saturated heterocycles. The number of nitrogens with zero attached hydrogens (tertiary/aromatic N) is 3. The van der Waals surface area contributed by atoms with Crippen LogP contribution in [0.25, 0.3) is 11.2 Å². The van der Waals surface area contributed by atoms with Crippen LogP contribution < -0.4 is 11.2 Å². The number of nitrogens with one attached hydrogen (secondary N) is 1. The van der Waals surface area contributed by atoms with Gasteiger partial charge >= 0.3 is 5.69 Å². The fourth-order valence-corrected chi connectivity index (χ4v) is 6.34. The third kappa shape index (κ3) is 2.27. The Bertz CT molecular complexity index is 1030. The van der Waals surface area contributed by atoms with Crippen molar-refractivity contribution in [3.8, 4) is 0 Å². The van der Waals surface area contributed by atoms with Gasteiger partial charge in [-0.15, -0.1) is 0 Å². The first kappa shape index (κ1) is 18.1. The van der Waals surface area contributed by atoms with E-state index in [1.54, 1.807) is 11.5 Å². The summed E-state index contributed by atoms with van der Waals surface area (Å²) in [6, 6.07) is 0. The zero-order valence-electron chi connectivity index (χ0n) is 16.4. The summed E-state index contributed by atoms with van der Waals surface area (Å²) in [6.07, 6.45) is 3.57. The number of aryl methyl sites for hydroxylation is 1. The standard InChI is InChI=1S/C20H28N4O4/c1-3-4-23-16-14(17(27)24(19(23)28)9-10(2)25)21-18(22-16)20-7-11-5-13(20)6-12(8-20)15(11)26/h10-13,15,25-26H,3-9H2,1-2H3,(H,21,22)/t10?,11-,12?,13?,15?,20?/m1/s1. The quantitative estimate of drug-likeness (QED) is 0.699. The Balaban J connectivity index is 1.70. The van der Waals surface area contributed by atoms with E-state index >= 15 is 0 Å². The van der Waals surface area contributed by atoms with E-state index in [1.165, 1.54) is 0 Å². The maximum Gasteiger partial charge on any atom is 0.332 e. The number of fused-ring (bicyclic) bond motifs is 1. The molecule has 4 aliphatic carbocycles. The van der Waals surface area contributed by atoms with Crippen molar-refractivity contribution in [2.45, 2.75) is 76.7 Å². The second-order valence-corrected chi connectivity index (χ2v) is 9.23. The number of aliphatic hydroxyl groups is 2. The summed E-state index contributed by atoms with van der Waals surface area (Å²) in [4.78, 5) is 34.0. The van der Waals surface area contributed by atoms with Gasteiger partial charge in [-0.2, -0.15) is 0 Å². The number of rotatable bonds is 5. The Morgan fingerprint density at radius 1 is 1.25 bits per heavy atom. The molecule has 0 radical (unpaired) electrons. The fraction of sp³-hybridized carbons (Fsp3) is 0.750. The zero-order chi connectivity index (χ0) is 19.8. The summed E-state index contributed by atoms with van der Waals surface area (Å²) in [7, 11) is 0. The van der Waals surface area contributed by atoms with Crippen molar-refractivity contribution in [3.05, 3.63) is 26.7 Å². The molecule has 4 bridgehead atoms. The van der Waals surface area contributed by atoms with Gasteiger partial charge < -0.3 is 15.2 Å². The molecular formula is C20H28N4O4. The van der Waals surface area contributed by atoms with E-state index in [1.807, 2.05) is 6.92 Å². The van der Waals surface area contributed by atoms with E-state index in [4.69, 9.17) is 4.98 Å². The molecule has 2 aromatic rings. The van der Waals surface area contributed by atoms with Gasteiger partial charge in [0.2, 0.25) is 0 Å². The second-order valence-electron chi connectivity index (χ2n) is 9.23. The van der Waals surface area contributed by atoms with Gasteiger partial charge in [0.15, 0.2) is 5.65 Å². The molecule has 8 heteroatoms. The normalized spacial score (nSPS) is 34.6. The molecule has 0 aliphatic heterocycles. The topological polar surface area (TPSA) is 113 Å². The predicted molar refractivity (Wildman–Crippen MR) is 103 cm³/mol. The summed E-state index contributed by atoms with van der Waals surface area (Å²) in [5.41, 5.74) is -0.160. The molecule has 6 rings (SSSR count). The lowest BCUT2D eigenvalue weighted by atomic mass is 9.73. The van der Waals surface area contributed by atoms with Gasteiger partial charge in [-0.3, -0.25) is 13.9 Å². The van der Waals surface area contributed by atoms with Gasteiger partial charge in [-0.25, -0.2) is 9.78 Å². The number of hydrogen-bond acceptors (Lipinski definition) is 5. The first-order valence-corrected chi connectivity index (χ1v) is 10.5. The highest BCUT2D eigenvalue weighted by atomic mass is 16.3. The predicted octanol–water partition coefficient (Wildman–Crippen LogP) is 0.726. The van der Waals surface area contributed by atoms with Crippen LogP contribution >= 0.6 is 0 Å². The number of hydrogen-bond donors (Lipinski definition) is 3. The van der Waals surface area contributed by atoms with Crippen LogP contribution in [0.3, 0.4) is 0 Å². The molecular weight excluding hydrogens is 360 g/mol. The van der Waals surface area contributed by atoms with Crippen LogP contribution in [0.15, 0.2) is 9.59 Å². The van der Waals surface area contributed by atoms with Crippen LogP contribution in [0.2, 0.25) is 0 Å². The molecule has 2 heterocycles. The Kier molecular flexibility index (Phi) is 3.90. The van der Waals surface area contributed by atoms with Crippen molar-refractivity contribution < 1.29 is 10.2 Å². The molecule has 152 valence electrons. The minimum absolute atomic E-state index is 0.0320. The van der Waals surface area contributed by atoms with Crippen molar-refractivity contribution in [1.29, 1.82) is 0 Å². The SMILES string of the molecule is CCCn1c(=O)n(CC(C)O)c(=O)c2[nH]c(C34CC5CC3C[C@H](C4)C5O)nc21. The van der Waals surface area contributed by atoms with E-state index < -0.39 is 17.4 Å². The average Bonchev–Trinajstić information content (AvgIpc) is 3.28. The van der Waals surface area contributed by atoms with Crippen LogP contribution in [-0.4, -0.2) is 41.5 Å². The third-order valence-electron chi connectivity index (χ3n) is 7.40. The van der Waals surface area contributed by atoms with E-state index in [0.717, 1.165) is 42.5 Å². The highest BCUT2D eigenvalue weighted by Gasteiger charge is 2.63. The zero-order valence-corrected chi connectivity index (χ0v) is 16.4. The average molecular weight is 388 g/mol. The van der Waals surface area contributed by atoms with Gasteiger partial charge in [0.1, 0.15) is 11.3 Å². The molecule has 5 unspecified atom stereocenters. The summed E-state index contributed by atoms with van der Waals surface area (Å²) in [5, 5.41) is 20.2. The summed E-state index contributed by atoms with van der Waals surface area (Å²) >= 11 is 0. The molecule has 0 aromatic carbocycles. The monoisotopic (exact) mass is 388 g/mol. The first-order valence-electron chi connectivity index (χ1n) is 10.5. The van der Waals surface area contributed by atoms with E-state index in [0.29, 0.717) is 35.5 Å². The van der Waals surface area contributed by atoms with Crippen LogP contribution in [0, 0.1) is 17.8 Å². The van der Waals surface area contributed by atoms with Crippen molar-refractivity contribution in [2.75, 3.05) is 0 Å². The highest BCUT2D eigenvalue weighted by Crippen LogP contribution is 2.65. The van der Waals surface area contributed by atoms with Crippen molar-refractivity contribution in [2.24, 2.45) is 17.8 Å². The van der Waals surface area contributed by atoms with Crippen LogP contribution in [0.5, 0.6) is 0 Å². The molecule has 2 aromatic heterocycles. The lowest BCUT2D eigenvalue weighted by Crippen LogP contribution is -2.42. The van der Waals surface area contributed by atoms with Crippen molar-refractivity contribution in [3.63, 3.8) is 0 Å². The molecule has 6 atom stereocenters. The molecule has 8 nitrogen and oxygen atoms in total. The van der Waals surface area contributed by atoms with Crippen LogP contribution in [-0.2, 0) is 18.5 Å². The van der Waals surface area contributed by atoms with Gasteiger partial charge in [-0.1, -0.05) is 6.92 Å². The summed E-state index contributed by atoms with van der Waals surface area (Å²) < 4.78 is 2.68. The molecule has 3 N–H and O–H groups in total. The number of aromatic amines is 1. The molecule has 0 amide bonds. The van der Waals surface area contributed by atoms with E-state index in [2.05, 4.69) is 4.98 Å². The Hall–Kier alpha value is -1.93.